The third kappa shape index (κ3) is 3.29. The molecule has 0 aliphatic heterocycles. The molecule has 0 saturated heterocycles. The molecule has 0 spiro atoms. The van der Waals surface area contributed by atoms with Gasteiger partial charge < -0.3 is 10.1 Å². The predicted molar refractivity (Wildman–Crippen MR) is 80.1 cm³/mol. The molecule has 0 heterocycles. The van der Waals surface area contributed by atoms with E-state index in [2.05, 4.69) is 21.2 Å². The summed E-state index contributed by atoms with van der Waals surface area (Å²) in [5.41, 5.74) is 0.637. The minimum absolute atomic E-state index is 0.115. The molecular weight excluding hydrogens is 349 g/mol. The lowest BCUT2D eigenvalue weighted by atomic mass is 10.2. The number of hydrogen-bond donors (Lipinski definition) is 1. The first kappa shape index (κ1) is 14.8. The lowest BCUT2D eigenvalue weighted by Gasteiger charge is -2.08. The molecule has 1 N–H and O–H groups in total. The largest absolute Gasteiger partial charge is 0.494 e. The van der Waals surface area contributed by atoms with Gasteiger partial charge in [0.25, 0.3) is 5.91 Å². The first-order valence-corrected chi connectivity index (χ1v) is 6.78. The summed E-state index contributed by atoms with van der Waals surface area (Å²) in [4.78, 5) is 12.0. The van der Waals surface area contributed by atoms with Crippen LogP contribution < -0.4 is 10.1 Å². The van der Waals surface area contributed by atoms with Gasteiger partial charge in [-0.15, -0.1) is 0 Å². The number of rotatable bonds is 3. The minimum atomic E-state index is -0.549. The Morgan fingerprint density at radius 1 is 1.30 bits per heavy atom. The van der Waals surface area contributed by atoms with Crippen LogP contribution in [0.4, 0.5) is 10.1 Å². The van der Waals surface area contributed by atoms with Gasteiger partial charge in [-0.2, -0.15) is 0 Å². The fourth-order valence-electron chi connectivity index (χ4n) is 1.62. The number of nitrogens with one attached hydrogen (secondary N) is 1. The zero-order valence-corrected chi connectivity index (χ0v) is 12.8. The molecule has 0 unspecified atom stereocenters. The molecular formula is C14H10BrClFNO2. The topological polar surface area (TPSA) is 38.3 Å². The predicted octanol–water partition coefficient (Wildman–Crippen LogP) is 4.50. The number of anilines is 1. The van der Waals surface area contributed by atoms with Gasteiger partial charge in [-0.05, 0) is 30.3 Å². The van der Waals surface area contributed by atoms with Crippen molar-refractivity contribution in [3.8, 4) is 5.75 Å². The Hall–Kier alpha value is -1.59. The number of benzene rings is 2. The molecule has 104 valence electrons. The highest BCUT2D eigenvalue weighted by Crippen LogP contribution is 2.24. The number of amides is 1. The second-order valence-electron chi connectivity index (χ2n) is 3.93. The Bertz CT molecular complexity index is 664. The molecule has 0 bridgehead atoms. The average Bonchev–Trinajstić information content (AvgIpc) is 2.38. The van der Waals surface area contributed by atoms with E-state index in [4.69, 9.17) is 16.3 Å². The lowest BCUT2D eigenvalue weighted by molar-refractivity contribution is 0.102. The molecule has 0 aliphatic carbocycles. The quantitative estimate of drug-likeness (QED) is 0.877. The lowest BCUT2D eigenvalue weighted by Crippen LogP contribution is -2.12. The number of carbonyl (C=O) groups is 1. The second kappa shape index (κ2) is 6.24. The van der Waals surface area contributed by atoms with Gasteiger partial charge in [0.2, 0.25) is 0 Å². The van der Waals surface area contributed by atoms with Gasteiger partial charge in [0.15, 0.2) is 11.6 Å². The van der Waals surface area contributed by atoms with Crippen LogP contribution in [0.3, 0.4) is 0 Å². The smallest absolute Gasteiger partial charge is 0.257 e. The first-order chi connectivity index (χ1) is 9.51. The molecule has 2 aromatic carbocycles. The van der Waals surface area contributed by atoms with Gasteiger partial charge in [-0.1, -0.05) is 27.5 Å². The van der Waals surface area contributed by atoms with Crippen molar-refractivity contribution in [1.82, 2.24) is 0 Å². The van der Waals surface area contributed by atoms with Gasteiger partial charge in [-0.25, -0.2) is 4.39 Å². The van der Waals surface area contributed by atoms with Crippen LogP contribution in [0.25, 0.3) is 0 Å². The summed E-state index contributed by atoms with van der Waals surface area (Å²) in [6, 6.07) is 9.08. The van der Waals surface area contributed by atoms with Crippen molar-refractivity contribution in [3.05, 3.63) is 57.3 Å². The number of halogens is 3. The number of hydrogen-bond acceptors (Lipinski definition) is 2. The fraction of sp³-hybridized carbons (Fsp3) is 0.0714. The van der Waals surface area contributed by atoms with E-state index in [1.165, 1.54) is 19.2 Å². The van der Waals surface area contributed by atoms with Crippen LogP contribution in [0.1, 0.15) is 10.4 Å². The van der Waals surface area contributed by atoms with Gasteiger partial charge in [0.1, 0.15) is 0 Å². The van der Waals surface area contributed by atoms with Crippen LogP contribution in [0.2, 0.25) is 5.02 Å². The third-order valence-corrected chi connectivity index (χ3v) is 3.39. The van der Waals surface area contributed by atoms with Gasteiger partial charge in [-0.3, -0.25) is 4.79 Å². The molecule has 20 heavy (non-hydrogen) atoms. The summed E-state index contributed by atoms with van der Waals surface area (Å²) in [6.45, 7) is 0. The van der Waals surface area contributed by atoms with Crippen molar-refractivity contribution in [3.63, 3.8) is 0 Å². The van der Waals surface area contributed by atoms with E-state index in [-0.39, 0.29) is 5.75 Å². The molecule has 0 aliphatic rings. The molecule has 2 aromatic rings. The summed E-state index contributed by atoms with van der Waals surface area (Å²) >= 11 is 9.24. The molecule has 2 rings (SSSR count). The van der Waals surface area contributed by atoms with E-state index in [9.17, 15) is 9.18 Å². The van der Waals surface area contributed by atoms with Crippen LogP contribution in [0.5, 0.6) is 5.75 Å². The van der Waals surface area contributed by atoms with Crippen LogP contribution in [-0.2, 0) is 0 Å². The van der Waals surface area contributed by atoms with E-state index < -0.39 is 11.7 Å². The van der Waals surface area contributed by atoms with Crippen LogP contribution >= 0.6 is 27.5 Å². The summed E-state index contributed by atoms with van der Waals surface area (Å²) in [7, 11) is 1.37. The maximum atomic E-state index is 13.5. The van der Waals surface area contributed by atoms with Gasteiger partial charge in [0.05, 0.1) is 17.7 Å². The van der Waals surface area contributed by atoms with Crippen molar-refractivity contribution >= 4 is 39.1 Å². The third-order valence-electron chi connectivity index (χ3n) is 2.59. The maximum Gasteiger partial charge on any atom is 0.257 e. The van der Waals surface area contributed by atoms with E-state index in [1.54, 1.807) is 24.3 Å². The van der Waals surface area contributed by atoms with E-state index in [0.717, 1.165) is 4.47 Å². The van der Waals surface area contributed by atoms with E-state index >= 15 is 0 Å². The summed E-state index contributed by atoms with van der Waals surface area (Å²) in [5.74, 6) is -0.844. The van der Waals surface area contributed by atoms with Gasteiger partial charge >= 0.3 is 0 Å². The minimum Gasteiger partial charge on any atom is -0.494 e. The molecule has 0 radical (unpaired) electrons. The number of carbonyl (C=O) groups excluding carboxylic acids is 1. The summed E-state index contributed by atoms with van der Waals surface area (Å²) in [6.07, 6.45) is 0. The van der Waals surface area contributed by atoms with Gasteiger partial charge in [0, 0.05) is 16.2 Å². The molecule has 0 aromatic heterocycles. The van der Waals surface area contributed by atoms with Crippen molar-refractivity contribution in [2.45, 2.75) is 0 Å². The second-order valence-corrected chi connectivity index (χ2v) is 5.25. The number of methoxy groups -OCH3 is 1. The van der Waals surface area contributed by atoms with E-state index in [1.807, 2.05) is 0 Å². The Kier molecular flexibility index (Phi) is 4.62. The van der Waals surface area contributed by atoms with Crippen molar-refractivity contribution in [2.24, 2.45) is 0 Å². The van der Waals surface area contributed by atoms with Crippen molar-refractivity contribution in [2.75, 3.05) is 12.4 Å². The molecule has 3 nitrogen and oxygen atoms in total. The maximum absolute atomic E-state index is 13.5. The highest BCUT2D eigenvalue weighted by atomic mass is 79.9. The highest BCUT2D eigenvalue weighted by molar-refractivity contribution is 9.10. The molecule has 0 saturated carbocycles. The summed E-state index contributed by atoms with van der Waals surface area (Å²) < 4.78 is 19.1. The monoisotopic (exact) mass is 357 g/mol. The average molecular weight is 359 g/mol. The van der Waals surface area contributed by atoms with Crippen molar-refractivity contribution < 1.29 is 13.9 Å². The Morgan fingerprint density at radius 3 is 2.65 bits per heavy atom. The molecule has 0 atom stereocenters. The van der Waals surface area contributed by atoms with E-state index in [0.29, 0.717) is 16.3 Å². The SMILES string of the molecule is COc1ccc(NC(=O)c2ccc(Br)cc2Cl)cc1F. The van der Waals surface area contributed by atoms with Crippen molar-refractivity contribution in [1.29, 1.82) is 0 Å². The Morgan fingerprint density at radius 2 is 2.05 bits per heavy atom. The zero-order chi connectivity index (χ0) is 14.7. The van der Waals surface area contributed by atoms with Crippen LogP contribution in [0, 0.1) is 5.82 Å². The van der Waals surface area contributed by atoms with Crippen LogP contribution in [-0.4, -0.2) is 13.0 Å². The fourth-order valence-corrected chi connectivity index (χ4v) is 2.38. The first-order valence-electron chi connectivity index (χ1n) is 5.61. The number of ether oxygens (including phenoxy) is 1. The summed E-state index contributed by atoms with van der Waals surface area (Å²) in [5, 5.41) is 2.89. The molecule has 1 amide bonds. The zero-order valence-electron chi connectivity index (χ0n) is 10.4. The Balaban J connectivity index is 2.21. The standard InChI is InChI=1S/C14H10BrClFNO2/c1-20-13-5-3-9(7-12(13)17)18-14(19)10-4-2-8(15)6-11(10)16/h2-7H,1H3,(H,18,19). The van der Waals surface area contributed by atoms with Crippen LogP contribution in [0.15, 0.2) is 40.9 Å². The molecule has 0 fully saturated rings. The highest BCUT2D eigenvalue weighted by Gasteiger charge is 2.12. The Labute approximate surface area is 128 Å². The normalized spacial score (nSPS) is 10.2. The molecule has 6 heteroatoms.